The first kappa shape index (κ1) is 11.5. The number of carbonyl (C=O) groups is 1. The smallest absolute Gasteiger partial charge is 0.320 e. The maximum absolute atomic E-state index is 11.1. The van der Waals surface area contributed by atoms with E-state index in [4.69, 9.17) is 5.11 Å². The number of carboxylic acids is 1. The maximum atomic E-state index is 11.1. The molecule has 1 unspecified atom stereocenters. The van der Waals surface area contributed by atoms with Gasteiger partial charge >= 0.3 is 5.97 Å². The van der Waals surface area contributed by atoms with E-state index in [1.165, 1.54) is 4.88 Å². The molecule has 1 N–H and O–H groups in total. The van der Waals surface area contributed by atoms with Gasteiger partial charge in [0.25, 0.3) is 0 Å². The zero-order valence-electron chi connectivity index (χ0n) is 9.35. The first-order valence-electron chi connectivity index (χ1n) is 5.54. The largest absolute Gasteiger partial charge is 0.480 e. The summed E-state index contributed by atoms with van der Waals surface area (Å²) in [7, 11) is 0. The van der Waals surface area contributed by atoms with Crippen LogP contribution in [0.5, 0.6) is 0 Å². The highest BCUT2D eigenvalue weighted by atomic mass is 32.1. The molecule has 0 amide bonds. The van der Waals surface area contributed by atoms with Crippen molar-refractivity contribution in [1.82, 2.24) is 9.88 Å². The maximum Gasteiger partial charge on any atom is 0.320 e. The van der Waals surface area contributed by atoms with Gasteiger partial charge in [-0.3, -0.25) is 9.69 Å². The number of hydrogen-bond acceptors (Lipinski definition) is 4. The molecule has 2 heterocycles. The van der Waals surface area contributed by atoms with E-state index in [1.54, 1.807) is 11.3 Å². The second-order valence-corrected chi connectivity index (χ2v) is 5.12. The van der Waals surface area contributed by atoms with E-state index in [0.717, 1.165) is 38.0 Å². The van der Waals surface area contributed by atoms with Crippen molar-refractivity contribution in [2.24, 2.45) is 0 Å². The molecule has 0 saturated carbocycles. The second kappa shape index (κ2) is 4.93. The molecule has 1 aromatic heterocycles. The topological polar surface area (TPSA) is 53.4 Å². The summed E-state index contributed by atoms with van der Waals surface area (Å²) in [4.78, 5) is 18.6. The molecule has 1 fully saturated rings. The minimum Gasteiger partial charge on any atom is -0.480 e. The summed E-state index contributed by atoms with van der Waals surface area (Å²) < 4.78 is 0. The van der Waals surface area contributed by atoms with Crippen molar-refractivity contribution in [2.45, 2.75) is 38.8 Å². The lowest BCUT2D eigenvalue weighted by molar-refractivity contribution is -0.144. The van der Waals surface area contributed by atoms with Crippen LogP contribution in [-0.2, 0) is 11.3 Å². The van der Waals surface area contributed by atoms with Gasteiger partial charge in [0.05, 0.1) is 11.2 Å². The Bertz CT molecular complexity index is 378. The van der Waals surface area contributed by atoms with Crippen LogP contribution in [0.25, 0.3) is 0 Å². The fourth-order valence-corrected chi connectivity index (χ4v) is 2.92. The number of rotatable bonds is 3. The zero-order valence-corrected chi connectivity index (χ0v) is 10.2. The van der Waals surface area contributed by atoms with Crippen LogP contribution in [0.2, 0.25) is 0 Å². The summed E-state index contributed by atoms with van der Waals surface area (Å²) in [5, 5.41) is 9.15. The Morgan fingerprint density at radius 2 is 2.50 bits per heavy atom. The minimum absolute atomic E-state index is 0.310. The quantitative estimate of drug-likeness (QED) is 0.876. The summed E-state index contributed by atoms with van der Waals surface area (Å²) in [5.74, 6) is -0.693. The van der Waals surface area contributed by atoms with Crippen molar-refractivity contribution in [2.75, 3.05) is 6.54 Å². The van der Waals surface area contributed by atoms with Crippen LogP contribution in [0, 0.1) is 6.92 Å². The van der Waals surface area contributed by atoms with Crippen molar-refractivity contribution >= 4 is 17.3 Å². The predicted molar refractivity (Wildman–Crippen MR) is 62.5 cm³/mol. The highest BCUT2D eigenvalue weighted by Crippen LogP contribution is 2.22. The number of aryl methyl sites for hydroxylation is 1. The summed E-state index contributed by atoms with van der Waals surface area (Å²) in [6.45, 7) is 3.59. The average molecular weight is 240 g/mol. The third-order valence-electron chi connectivity index (χ3n) is 3.09. The van der Waals surface area contributed by atoms with E-state index in [0.29, 0.717) is 0 Å². The van der Waals surface area contributed by atoms with Gasteiger partial charge in [0.1, 0.15) is 6.04 Å². The molecule has 0 spiro atoms. The van der Waals surface area contributed by atoms with Gasteiger partial charge in [-0.1, -0.05) is 6.42 Å². The first-order valence-corrected chi connectivity index (χ1v) is 6.42. The average Bonchev–Trinajstić information content (AvgIpc) is 2.65. The number of aliphatic carboxylic acids is 1. The van der Waals surface area contributed by atoms with Crippen LogP contribution >= 0.6 is 11.3 Å². The van der Waals surface area contributed by atoms with Crippen molar-refractivity contribution in [3.05, 3.63) is 16.1 Å². The number of carboxylic acid groups (broad SMARTS) is 1. The number of thiazole rings is 1. The summed E-state index contributed by atoms with van der Waals surface area (Å²) in [5.41, 5.74) is 2.85. The Labute approximate surface area is 98.9 Å². The van der Waals surface area contributed by atoms with E-state index in [-0.39, 0.29) is 6.04 Å². The van der Waals surface area contributed by atoms with Crippen LogP contribution in [0.3, 0.4) is 0 Å². The molecule has 0 radical (unpaired) electrons. The molecule has 1 aromatic rings. The Kier molecular flexibility index (Phi) is 3.56. The molecule has 1 atom stereocenters. The minimum atomic E-state index is -0.693. The molecule has 16 heavy (non-hydrogen) atoms. The van der Waals surface area contributed by atoms with Crippen molar-refractivity contribution in [3.63, 3.8) is 0 Å². The SMILES string of the molecule is Cc1ncsc1CN1CCCCC1C(=O)O. The third kappa shape index (κ3) is 2.41. The van der Waals surface area contributed by atoms with E-state index >= 15 is 0 Å². The fourth-order valence-electron chi connectivity index (χ4n) is 2.12. The number of likely N-dealkylation sites (tertiary alicyclic amines) is 1. The van der Waals surface area contributed by atoms with Crippen LogP contribution in [-0.4, -0.2) is 33.5 Å². The number of piperidine rings is 1. The molecular weight excluding hydrogens is 224 g/mol. The predicted octanol–water partition coefficient (Wildman–Crippen LogP) is 1.89. The molecule has 1 aliphatic rings. The zero-order chi connectivity index (χ0) is 11.5. The molecule has 4 nitrogen and oxygen atoms in total. The van der Waals surface area contributed by atoms with Crippen LogP contribution in [0.15, 0.2) is 5.51 Å². The standard InChI is InChI=1S/C11H16N2O2S/c1-8-10(16-7-12-8)6-13-5-3-2-4-9(13)11(14)15/h7,9H,2-6H2,1H3,(H,14,15). The van der Waals surface area contributed by atoms with Crippen LogP contribution in [0.1, 0.15) is 29.8 Å². The second-order valence-electron chi connectivity index (χ2n) is 4.18. The van der Waals surface area contributed by atoms with E-state index in [1.807, 2.05) is 12.4 Å². The van der Waals surface area contributed by atoms with E-state index in [2.05, 4.69) is 9.88 Å². The molecule has 88 valence electrons. The van der Waals surface area contributed by atoms with Crippen molar-refractivity contribution < 1.29 is 9.90 Å². The van der Waals surface area contributed by atoms with Gasteiger partial charge in [0.15, 0.2) is 0 Å². The molecular formula is C11H16N2O2S. The van der Waals surface area contributed by atoms with Crippen molar-refractivity contribution in [1.29, 1.82) is 0 Å². The highest BCUT2D eigenvalue weighted by molar-refractivity contribution is 7.09. The lowest BCUT2D eigenvalue weighted by Crippen LogP contribution is -2.43. The third-order valence-corrected chi connectivity index (χ3v) is 4.01. The Balaban J connectivity index is 2.07. The van der Waals surface area contributed by atoms with Gasteiger partial charge in [-0.15, -0.1) is 11.3 Å². The summed E-state index contributed by atoms with van der Waals surface area (Å²) in [6.07, 6.45) is 2.89. The fraction of sp³-hybridized carbons (Fsp3) is 0.636. The Hall–Kier alpha value is -0.940. The monoisotopic (exact) mass is 240 g/mol. The molecule has 1 saturated heterocycles. The highest BCUT2D eigenvalue weighted by Gasteiger charge is 2.28. The van der Waals surface area contributed by atoms with Gasteiger partial charge in [0, 0.05) is 11.4 Å². The van der Waals surface area contributed by atoms with Crippen LogP contribution in [0.4, 0.5) is 0 Å². The van der Waals surface area contributed by atoms with Gasteiger partial charge in [-0.2, -0.15) is 0 Å². The first-order chi connectivity index (χ1) is 7.68. The molecule has 2 rings (SSSR count). The van der Waals surface area contributed by atoms with Gasteiger partial charge in [-0.25, -0.2) is 4.98 Å². The van der Waals surface area contributed by atoms with E-state index in [9.17, 15) is 4.79 Å². The summed E-state index contributed by atoms with van der Waals surface area (Å²) in [6, 6.07) is -0.310. The van der Waals surface area contributed by atoms with Gasteiger partial charge < -0.3 is 5.11 Å². The molecule has 0 aliphatic carbocycles. The lowest BCUT2D eigenvalue weighted by atomic mass is 10.0. The summed E-state index contributed by atoms with van der Waals surface area (Å²) >= 11 is 1.61. The molecule has 1 aliphatic heterocycles. The Morgan fingerprint density at radius 1 is 1.69 bits per heavy atom. The van der Waals surface area contributed by atoms with Gasteiger partial charge in [-0.05, 0) is 26.3 Å². The normalized spacial score (nSPS) is 22.2. The number of nitrogens with zero attached hydrogens (tertiary/aromatic N) is 2. The molecule has 0 aromatic carbocycles. The lowest BCUT2D eigenvalue weighted by Gasteiger charge is -2.32. The number of aromatic nitrogens is 1. The van der Waals surface area contributed by atoms with E-state index < -0.39 is 5.97 Å². The number of hydrogen-bond donors (Lipinski definition) is 1. The Morgan fingerprint density at radius 3 is 3.12 bits per heavy atom. The van der Waals surface area contributed by atoms with Crippen molar-refractivity contribution in [3.8, 4) is 0 Å². The molecule has 5 heteroatoms. The van der Waals surface area contributed by atoms with Gasteiger partial charge in [0.2, 0.25) is 0 Å². The van der Waals surface area contributed by atoms with Crippen LogP contribution < -0.4 is 0 Å². The molecule has 0 bridgehead atoms.